The third-order valence-electron chi connectivity index (χ3n) is 4.07. The van der Waals surface area contributed by atoms with Crippen molar-refractivity contribution >= 4 is 5.91 Å². The summed E-state index contributed by atoms with van der Waals surface area (Å²) in [6, 6.07) is 6.16. The van der Waals surface area contributed by atoms with E-state index in [9.17, 15) is 4.79 Å². The molecule has 1 aromatic carbocycles. The van der Waals surface area contributed by atoms with Crippen molar-refractivity contribution in [1.82, 2.24) is 9.80 Å². The van der Waals surface area contributed by atoms with Gasteiger partial charge in [-0.25, -0.2) is 0 Å². The second kappa shape index (κ2) is 6.75. The number of nitrogens with two attached hydrogens (primary N) is 1. The fourth-order valence-corrected chi connectivity index (χ4v) is 2.67. The Kier molecular flexibility index (Phi) is 5.00. The minimum atomic E-state index is 0.105. The molecule has 0 saturated carbocycles. The standard InChI is InChI=1S/C17H23N3O/c1-13-14(7-5-10-18)6-4-8-16(13)17(21)20-11-9-15(12-20)19(2)3/h4,6,8,15H,9-12,18H2,1-3H3. The van der Waals surface area contributed by atoms with Gasteiger partial charge in [0.15, 0.2) is 0 Å². The van der Waals surface area contributed by atoms with Crippen molar-refractivity contribution < 1.29 is 4.79 Å². The first kappa shape index (κ1) is 15.6. The lowest BCUT2D eigenvalue weighted by atomic mass is 10.0. The quantitative estimate of drug-likeness (QED) is 0.827. The molecular weight excluding hydrogens is 262 g/mol. The number of rotatable bonds is 2. The molecule has 0 bridgehead atoms. The van der Waals surface area contributed by atoms with Crippen molar-refractivity contribution in [2.24, 2.45) is 5.73 Å². The second-order valence-electron chi connectivity index (χ2n) is 5.64. The van der Waals surface area contributed by atoms with Crippen molar-refractivity contribution in [3.8, 4) is 11.8 Å². The maximum atomic E-state index is 12.7. The van der Waals surface area contributed by atoms with Crippen LogP contribution in [0.1, 0.15) is 27.9 Å². The first-order valence-electron chi connectivity index (χ1n) is 7.29. The Hall–Kier alpha value is -1.83. The molecule has 2 rings (SSSR count). The van der Waals surface area contributed by atoms with Gasteiger partial charge in [-0.15, -0.1) is 0 Å². The molecular formula is C17H23N3O. The van der Waals surface area contributed by atoms with Crippen LogP contribution in [0.3, 0.4) is 0 Å². The Labute approximate surface area is 126 Å². The summed E-state index contributed by atoms with van der Waals surface area (Å²) in [5.41, 5.74) is 7.99. The topological polar surface area (TPSA) is 49.6 Å². The van der Waals surface area contributed by atoms with Crippen molar-refractivity contribution in [1.29, 1.82) is 0 Å². The van der Waals surface area contributed by atoms with Crippen molar-refractivity contribution in [3.63, 3.8) is 0 Å². The minimum absolute atomic E-state index is 0.105. The molecule has 0 spiro atoms. The summed E-state index contributed by atoms with van der Waals surface area (Å²) in [5, 5.41) is 0. The van der Waals surface area contributed by atoms with Gasteiger partial charge in [0.25, 0.3) is 5.91 Å². The number of benzene rings is 1. The molecule has 0 radical (unpaired) electrons. The van der Waals surface area contributed by atoms with E-state index in [1.165, 1.54) is 0 Å². The molecule has 0 aromatic heterocycles. The molecule has 0 aliphatic carbocycles. The van der Waals surface area contributed by atoms with E-state index < -0.39 is 0 Å². The Bertz CT molecular complexity index is 583. The summed E-state index contributed by atoms with van der Waals surface area (Å²) in [7, 11) is 4.12. The SMILES string of the molecule is Cc1c(C#CCN)cccc1C(=O)N1CCC(N(C)C)C1. The highest BCUT2D eigenvalue weighted by molar-refractivity contribution is 5.96. The van der Waals surface area contributed by atoms with Gasteiger partial charge in [-0.05, 0) is 45.1 Å². The number of hydrogen-bond acceptors (Lipinski definition) is 3. The van der Waals surface area contributed by atoms with Crippen molar-refractivity contribution in [2.75, 3.05) is 33.7 Å². The normalized spacial score (nSPS) is 17.8. The number of nitrogens with zero attached hydrogens (tertiary/aromatic N) is 2. The monoisotopic (exact) mass is 285 g/mol. The Balaban J connectivity index is 2.21. The first-order valence-corrected chi connectivity index (χ1v) is 7.29. The van der Waals surface area contributed by atoms with Crippen LogP contribution in [-0.4, -0.2) is 55.5 Å². The molecule has 1 aliphatic rings. The van der Waals surface area contributed by atoms with Crippen LogP contribution in [0.25, 0.3) is 0 Å². The summed E-state index contributed by atoms with van der Waals surface area (Å²) in [6.07, 6.45) is 1.03. The predicted octanol–water partition coefficient (Wildman–Crippen LogP) is 1.08. The van der Waals surface area contributed by atoms with Gasteiger partial charge < -0.3 is 15.5 Å². The lowest BCUT2D eigenvalue weighted by Gasteiger charge is -2.21. The number of hydrogen-bond donors (Lipinski definition) is 1. The fraction of sp³-hybridized carbons (Fsp3) is 0.471. The third kappa shape index (κ3) is 3.44. The largest absolute Gasteiger partial charge is 0.337 e. The summed E-state index contributed by atoms with van der Waals surface area (Å²) < 4.78 is 0. The highest BCUT2D eigenvalue weighted by atomic mass is 16.2. The van der Waals surface area contributed by atoms with Gasteiger partial charge in [-0.1, -0.05) is 17.9 Å². The van der Waals surface area contributed by atoms with E-state index in [-0.39, 0.29) is 5.91 Å². The van der Waals surface area contributed by atoms with E-state index in [0.717, 1.165) is 36.2 Å². The maximum absolute atomic E-state index is 12.7. The Morgan fingerprint density at radius 3 is 2.86 bits per heavy atom. The van der Waals surface area contributed by atoms with Gasteiger partial charge in [-0.3, -0.25) is 4.79 Å². The van der Waals surface area contributed by atoms with Crippen LogP contribution < -0.4 is 5.73 Å². The maximum Gasteiger partial charge on any atom is 0.254 e. The van der Waals surface area contributed by atoms with Crippen LogP contribution in [0.15, 0.2) is 18.2 Å². The van der Waals surface area contributed by atoms with Crippen molar-refractivity contribution in [3.05, 3.63) is 34.9 Å². The lowest BCUT2D eigenvalue weighted by molar-refractivity contribution is 0.0782. The lowest BCUT2D eigenvalue weighted by Crippen LogP contribution is -2.34. The number of carbonyl (C=O) groups is 1. The molecule has 4 heteroatoms. The first-order chi connectivity index (χ1) is 10.0. The van der Waals surface area contributed by atoms with E-state index in [0.29, 0.717) is 12.6 Å². The number of likely N-dealkylation sites (N-methyl/N-ethyl adjacent to an activating group) is 1. The van der Waals surface area contributed by atoms with E-state index in [2.05, 4.69) is 30.8 Å². The zero-order chi connectivity index (χ0) is 15.4. The van der Waals surface area contributed by atoms with E-state index in [1.54, 1.807) is 0 Å². The predicted molar refractivity (Wildman–Crippen MR) is 85.1 cm³/mol. The van der Waals surface area contributed by atoms with Gasteiger partial charge >= 0.3 is 0 Å². The summed E-state index contributed by atoms with van der Waals surface area (Å²) >= 11 is 0. The minimum Gasteiger partial charge on any atom is -0.337 e. The molecule has 1 saturated heterocycles. The van der Waals surface area contributed by atoms with Crippen LogP contribution in [0.4, 0.5) is 0 Å². The fourth-order valence-electron chi connectivity index (χ4n) is 2.67. The Morgan fingerprint density at radius 1 is 1.48 bits per heavy atom. The molecule has 112 valence electrons. The smallest absolute Gasteiger partial charge is 0.254 e. The van der Waals surface area contributed by atoms with Crippen LogP contribution in [0.5, 0.6) is 0 Å². The van der Waals surface area contributed by atoms with Gasteiger partial charge in [0.05, 0.1) is 6.54 Å². The van der Waals surface area contributed by atoms with E-state index in [1.807, 2.05) is 30.0 Å². The molecule has 1 aromatic rings. The highest BCUT2D eigenvalue weighted by Crippen LogP contribution is 2.20. The molecule has 1 heterocycles. The summed E-state index contributed by atoms with van der Waals surface area (Å²) in [6.45, 7) is 3.89. The molecule has 4 nitrogen and oxygen atoms in total. The van der Waals surface area contributed by atoms with Crippen LogP contribution >= 0.6 is 0 Å². The third-order valence-corrected chi connectivity index (χ3v) is 4.07. The number of carbonyl (C=O) groups excluding carboxylic acids is 1. The zero-order valence-corrected chi connectivity index (χ0v) is 13.0. The second-order valence-corrected chi connectivity index (χ2v) is 5.64. The average Bonchev–Trinajstić information content (AvgIpc) is 2.95. The molecule has 1 amide bonds. The van der Waals surface area contributed by atoms with E-state index >= 15 is 0 Å². The zero-order valence-electron chi connectivity index (χ0n) is 13.0. The average molecular weight is 285 g/mol. The van der Waals surface area contributed by atoms with Gasteiger partial charge in [0.2, 0.25) is 0 Å². The molecule has 21 heavy (non-hydrogen) atoms. The van der Waals surface area contributed by atoms with Crippen molar-refractivity contribution in [2.45, 2.75) is 19.4 Å². The number of amides is 1. The van der Waals surface area contributed by atoms with Crippen LogP contribution in [-0.2, 0) is 0 Å². The summed E-state index contributed by atoms with van der Waals surface area (Å²) in [4.78, 5) is 16.8. The molecule has 1 unspecified atom stereocenters. The molecule has 1 fully saturated rings. The van der Waals surface area contributed by atoms with Crippen LogP contribution in [0.2, 0.25) is 0 Å². The number of likely N-dealkylation sites (tertiary alicyclic amines) is 1. The summed E-state index contributed by atoms with van der Waals surface area (Å²) in [5.74, 6) is 5.99. The van der Waals surface area contributed by atoms with Gasteiger partial charge in [0.1, 0.15) is 0 Å². The highest BCUT2D eigenvalue weighted by Gasteiger charge is 2.28. The molecule has 1 aliphatic heterocycles. The Morgan fingerprint density at radius 2 is 2.24 bits per heavy atom. The van der Waals surface area contributed by atoms with Crippen LogP contribution in [0, 0.1) is 18.8 Å². The van der Waals surface area contributed by atoms with E-state index in [4.69, 9.17) is 5.73 Å². The molecule has 1 atom stereocenters. The molecule has 2 N–H and O–H groups in total. The van der Waals surface area contributed by atoms with Gasteiger partial charge in [-0.2, -0.15) is 0 Å². The van der Waals surface area contributed by atoms with Gasteiger partial charge in [0, 0.05) is 30.3 Å².